The Bertz CT molecular complexity index is 609. The molecule has 0 saturated carbocycles. The molecule has 1 aromatic carbocycles. The number of benzene rings is 1. The molecule has 1 aromatic heterocycles. The van der Waals surface area contributed by atoms with Gasteiger partial charge in [-0.2, -0.15) is 13.2 Å². The smallest absolute Gasteiger partial charge is 0.326 e. The first-order valence-corrected chi connectivity index (χ1v) is 6.24. The topological polar surface area (TPSA) is 38.9 Å². The SMILES string of the molecule is NCc1sc(-c2ccc(Cl)cc2F)nc1C(F)(F)F. The first kappa shape index (κ1) is 14.2. The fraction of sp³-hybridized carbons (Fsp3) is 0.182. The van der Waals surface area contributed by atoms with Gasteiger partial charge in [-0.3, -0.25) is 0 Å². The van der Waals surface area contributed by atoms with E-state index in [9.17, 15) is 17.6 Å². The molecule has 0 fully saturated rings. The Labute approximate surface area is 114 Å². The molecule has 0 aliphatic carbocycles. The minimum absolute atomic E-state index is 0.0281. The average Bonchev–Trinajstić information content (AvgIpc) is 2.72. The quantitative estimate of drug-likeness (QED) is 0.849. The van der Waals surface area contributed by atoms with Gasteiger partial charge in [0.05, 0.1) is 4.88 Å². The average molecular weight is 311 g/mol. The van der Waals surface area contributed by atoms with Crippen molar-refractivity contribution < 1.29 is 17.6 Å². The molecule has 0 saturated heterocycles. The van der Waals surface area contributed by atoms with Gasteiger partial charge in [0.25, 0.3) is 0 Å². The van der Waals surface area contributed by atoms with Gasteiger partial charge in [-0.15, -0.1) is 11.3 Å². The molecule has 0 amide bonds. The van der Waals surface area contributed by atoms with Crippen LogP contribution in [0.3, 0.4) is 0 Å². The second-order valence-corrected chi connectivity index (χ2v) is 5.14. The maximum Gasteiger partial charge on any atom is 0.434 e. The van der Waals surface area contributed by atoms with Crippen molar-refractivity contribution in [2.45, 2.75) is 12.7 Å². The van der Waals surface area contributed by atoms with E-state index < -0.39 is 17.7 Å². The third-order valence-electron chi connectivity index (χ3n) is 2.31. The van der Waals surface area contributed by atoms with E-state index in [2.05, 4.69) is 4.98 Å². The first-order chi connectivity index (χ1) is 8.82. The number of aromatic nitrogens is 1. The van der Waals surface area contributed by atoms with E-state index in [-0.39, 0.29) is 27.0 Å². The molecule has 0 unspecified atom stereocenters. The van der Waals surface area contributed by atoms with Gasteiger partial charge in [-0.1, -0.05) is 11.6 Å². The number of rotatable bonds is 2. The molecule has 0 radical (unpaired) electrons. The predicted molar refractivity (Wildman–Crippen MR) is 65.4 cm³/mol. The maximum absolute atomic E-state index is 13.6. The summed E-state index contributed by atoms with van der Waals surface area (Å²) in [6.07, 6.45) is -4.60. The first-order valence-electron chi connectivity index (χ1n) is 5.05. The summed E-state index contributed by atoms with van der Waals surface area (Å²) in [6.45, 7) is -0.304. The largest absolute Gasteiger partial charge is 0.434 e. The van der Waals surface area contributed by atoms with Gasteiger partial charge >= 0.3 is 6.18 Å². The maximum atomic E-state index is 13.6. The number of nitrogens with two attached hydrogens (primary N) is 1. The van der Waals surface area contributed by atoms with Crippen molar-refractivity contribution in [1.29, 1.82) is 0 Å². The number of hydrogen-bond donors (Lipinski definition) is 1. The van der Waals surface area contributed by atoms with Crippen LogP contribution in [0.15, 0.2) is 18.2 Å². The zero-order valence-corrected chi connectivity index (χ0v) is 10.8. The summed E-state index contributed by atoms with van der Waals surface area (Å²) in [7, 11) is 0. The number of hydrogen-bond acceptors (Lipinski definition) is 3. The summed E-state index contributed by atoms with van der Waals surface area (Å²) in [4.78, 5) is 3.32. The molecule has 0 aliphatic heterocycles. The van der Waals surface area contributed by atoms with Crippen molar-refractivity contribution in [3.8, 4) is 10.6 Å². The van der Waals surface area contributed by atoms with E-state index in [1.807, 2.05) is 0 Å². The summed E-state index contributed by atoms with van der Waals surface area (Å²) < 4.78 is 51.8. The number of alkyl halides is 3. The summed E-state index contributed by atoms with van der Waals surface area (Å²) in [5.41, 5.74) is 4.16. The van der Waals surface area contributed by atoms with Crippen LogP contribution in [0.1, 0.15) is 10.6 Å². The molecule has 2 nitrogen and oxygen atoms in total. The van der Waals surface area contributed by atoms with Crippen molar-refractivity contribution in [3.05, 3.63) is 39.6 Å². The Morgan fingerprint density at radius 1 is 1.32 bits per heavy atom. The highest BCUT2D eigenvalue weighted by Gasteiger charge is 2.37. The molecule has 0 bridgehead atoms. The van der Waals surface area contributed by atoms with Crippen LogP contribution in [0.4, 0.5) is 17.6 Å². The number of halogens is 5. The van der Waals surface area contributed by atoms with E-state index in [1.54, 1.807) is 0 Å². The second kappa shape index (κ2) is 5.07. The lowest BCUT2D eigenvalue weighted by atomic mass is 10.2. The van der Waals surface area contributed by atoms with Crippen molar-refractivity contribution in [2.75, 3.05) is 0 Å². The van der Waals surface area contributed by atoms with Crippen molar-refractivity contribution in [3.63, 3.8) is 0 Å². The summed E-state index contributed by atoms with van der Waals surface area (Å²) in [5, 5.41) is 0.0924. The van der Waals surface area contributed by atoms with Gasteiger partial charge in [-0.05, 0) is 18.2 Å². The molecular formula is C11H7ClF4N2S. The van der Waals surface area contributed by atoms with E-state index in [1.165, 1.54) is 12.1 Å². The molecular weight excluding hydrogens is 304 g/mol. The molecule has 0 atom stereocenters. The van der Waals surface area contributed by atoms with Crippen molar-refractivity contribution >= 4 is 22.9 Å². The Hall–Kier alpha value is -1.18. The van der Waals surface area contributed by atoms with Crippen LogP contribution < -0.4 is 5.73 Å². The summed E-state index contributed by atoms with van der Waals surface area (Å²) in [5.74, 6) is -0.724. The van der Waals surface area contributed by atoms with E-state index in [0.717, 1.165) is 17.4 Å². The number of nitrogens with zero attached hydrogens (tertiary/aromatic N) is 1. The molecule has 0 aliphatic rings. The Kier molecular flexibility index (Phi) is 3.80. The van der Waals surface area contributed by atoms with Crippen LogP contribution >= 0.6 is 22.9 Å². The fourth-order valence-electron chi connectivity index (χ4n) is 1.49. The van der Waals surface area contributed by atoms with Gasteiger partial charge in [-0.25, -0.2) is 9.37 Å². The molecule has 2 N–H and O–H groups in total. The van der Waals surface area contributed by atoms with Crippen LogP contribution in [0.25, 0.3) is 10.6 Å². The minimum atomic E-state index is -4.60. The van der Waals surface area contributed by atoms with Gasteiger partial charge in [0.2, 0.25) is 0 Å². The number of thiazole rings is 1. The molecule has 102 valence electrons. The van der Waals surface area contributed by atoms with Crippen LogP contribution in [-0.2, 0) is 12.7 Å². The fourth-order valence-corrected chi connectivity index (χ4v) is 2.64. The normalized spacial score (nSPS) is 11.9. The van der Waals surface area contributed by atoms with Gasteiger partial charge in [0.15, 0.2) is 5.69 Å². The van der Waals surface area contributed by atoms with Gasteiger partial charge in [0, 0.05) is 17.1 Å². The zero-order valence-electron chi connectivity index (χ0n) is 9.26. The summed E-state index contributed by atoms with van der Waals surface area (Å²) in [6, 6.07) is 3.70. The van der Waals surface area contributed by atoms with Crippen molar-refractivity contribution in [2.24, 2.45) is 5.73 Å². The van der Waals surface area contributed by atoms with Gasteiger partial charge < -0.3 is 5.73 Å². The Morgan fingerprint density at radius 3 is 2.47 bits per heavy atom. The third kappa shape index (κ3) is 2.88. The Balaban J connectivity index is 2.55. The summed E-state index contributed by atoms with van der Waals surface area (Å²) >= 11 is 6.30. The van der Waals surface area contributed by atoms with Crippen LogP contribution in [0.5, 0.6) is 0 Å². The van der Waals surface area contributed by atoms with Crippen LogP contribution in [-0.4, -0.2) is 4.98 Å². The Morgan fingerprint density at radius 2 is 2.00 bits per heavy atom. The standard InChI is InChI=1S/C11H7ClF4N2S/c12-5-1-2-6(7(13)3-5)10-18-9(11(14,15)16)8(4-17)19-10/h1-3H,4,17H2. The predicted octanol–water partition coefficient (Wildman–Crippen LogP) is 4.08. The lowest BCUT2D eigenvalue weighted by Crippen LogP contribution is -2.10. The highest BCUT2D eigenvalue weighted by Crippen LogP contribution is 2.38. The zero-order chi connectivity index (χ0) is 14.2. The molecule has 0 spiro atoms. The highest BCUT2D eigenvalue weighted by molar-refractivity contribution is 7.15. The van der Waals surface area contributed by atoms with Crippen molar-refractivity contribution in [1.82, 2.24) is 4.98 Å². The monoisotopic (exact) mass is 310 g/mol. The van der Waals surface area contributed by atoms with Gasteiger partial charge in [0.1, 0.15) is 10.8 Å². The van der Waals surface area contributed by atoms with Crippen LogP contribution in [0.2, 0.25) is 5.02 Å². The minimum Gasteiger partial charge on any atom is -0.326 e. The van der Waals surface area contributed by atoms with Crippen LogP contribution in [0, 0.1) is 5.82 Å². The van der Waals surface area contributed by atoms with E-state index in [0.29, 0.717) is 0 Å². The molecule has 19 heavy (non-hydrogen) atoms. The van der Waals surface area contributed by atoms with E-state index in [4.69, 9.17) is 17.3 Å². The highest BCUT2D eigenvalue weighted by atomic mass is 35.5. The third-order valence-corrected chi connectivity index (χ3v) is 3.66. The molecule has 2 rings (SSSR count). The van der Waals surface area contributed by atoms with E-state index >= 15 is 0 Å². The second-order valence-electron chi connectivity index (χ2n) is 3.62. The molecule has 1 heterocycles. The molecule has 8 heteroatoms. The lowest BCUT2D eigenvalue weighted by Gasteiger charge is -2.03. The molecule has 2 aromatic rings. The lowest BCUT2D eigenvalue weighted by molar-refractivity contribution is -0.141.